The standard InChI is InChI=1S/C19H27NO6S2/c1-13(2)10-20(15-8-9-28(24,25)12-15)18(22)11-26-19(23)7-5-16(21)17-6-4-14(3)27-17/h4,6,13,15H,5,7-12H2,1-3H3. The Labute approximate surface area is 170 Å². The van der Waals surface area contributed by atoms with Crippen LogP contribution in [0.4, 0.5) is 0 Å². The van der Waals surface area contributed by atoms with Crippen molar-refractivity contribution in [2.24, 2.45) is 5.92 Å². The summed E-state index contributed by atoms with van der Waals surface area (Å²) in [6.07, 6.45) is 0.345. The van der Waals surface area contributed by atoms with E-state index in [9.17, 15) is 22.8 Å². The van der Waals surface area contributed by atoms with E-state index >= 15 is 0 Å². The number of ether oxygens (including phenoxy) is 1. The van der Waals surface area contributed by atoms with Crippen molar-refractivity contribution in [3.8, 4) is 0 Å². The Morgan fingerprint density at radius 3 is 2.50 bits per heavy atom. The number of Topliss-reactive ketones (excluding diaryl/α,β-unsaturated/α-hetero) is 1. The second-order valence-corrected chi connectivity index (χ2v) is 11.0. The van der Waals surface area contributed by atoms with Gasteiger partial charge in [0, 0.05) is 23.9 Å². The van der Waals surface area contributed by atoms with Crippen LogP contribution in [-0.2, 0) is 24.2 Å². The average Bonchev–Trinajstić information content (AvgIpc) is 3.20. The summed E-state index contributed by atoms with van der Waals surface area (Å²) >= 11 is 1.38. The van der Waals surface area contributed by atoms with Crippen LogP contribution >= 0.6 is 11.3 Å². The van der Waals surface area contributed by atoms with Gasteiger partial charge in [-0.3, -0.25) is 14.4 Å². The summed E-state index contributed by atoms with van der Waals surface area (Å²) in [5.74, 6) is -0.950. The minimum absolute atomic E-state index is 0.0313. The lowest BCUT2D eigenvalue weighted by atomic mass is 10.1. The molecule has 1 aromatic heterocycles. The van der Waals surface area contributed by atoms with Crippen molar-refractivity contribution in [2.75, 3.05) is 24.7 Å². The molecule has 1 unspecified atom stereocenters. The molecular weight excluding hydrogens is 402 g/mol. The van der Waals surface area contributed by atoms with Gasteiger partial charge in [0.05, 0.1) is 22.8 Å². The van der Waals surface area contributed by atoms with Gasteiger partial charge < -0.3 is 9.64 Å². The molecule has 28 heavy (non-hydrogen) atoms. The molecule has 156 valence electrons. The molecule has 1 amide bonds. The fraction of sp³-hybridized carbons (Fsp3) is 0.632. The minimum Gasteiger partial charge on any atom is -0.456 e. The normalized spacial score (nSPS) is 18.2. The summed E-state index contributed by atoms with van der Waals surface area (Å²) in [6, 6.07) is 3.21. The Kier molecular flexibility index (Phi) is 7.77. The number of sulfone groups is 1. The molecule has 1 saturated heterocycles. The van der Waals surface area contributed by atoms with Crippen molar-refractivity contribution in [2.45, 2.75) is 46.1 Å². The monoisotopic (exact) mass is 429 g/mol. The Morgan fingerprint density at radius 1 is 1.25 bits per heavy atom. The first-order chi connectivity index (χ1) is 13.1. The third kappa shape index (κ3) is 6.70. The predicted octanol–water partition coefficient (Wildman–Crippen LogP) is 2.23. The van der Waals surface area contributed by atoms with Crippen LogP contribution < -0.4 is 0 Å². The number of carbonyl (C=O) groups excluding carboxylic acids is 3. The van der Waals surface area contributed by atoms with Gasteiger partial charge in [0.15, 0.2) is 22.2 Å². The maximum atomic E-state index is 12.5. The second kappa shape index (κ2) is 9.65. The Morgan fingerprint density at radius 2 is 1.96 bits per heavy atom. The summed E-state index contributed by atoms with van der Waals surface area (Å²) in [5.41, 5.74) is 0. The van der Waals surface area contributed by atoms with Gasteiger partial charge in [0.2, 0.25) is 0 Å². The van der Waals surface area contributed by atoms with Crippen LogP contribution in [0.3, 0.4) is 0 Å². The molecule has 2 rings (SSSR count). The lowest BCUT2D eigenvalue weighted by Gasteiger charge is -2.29. The molecule has 0 N–H and O–H groups in total. The van der Waals surface area contributed by atoms with Gasteiger partial charge in [0.25, 0.3) is 5.91 Å². The van der Waals surface area contributed by atoms with E-state index in [1.807, 2.05) is 26.8 Å². The molecule has 2 heterocycles. The van der Waals surface area contributed by atoms with Gasteiger partial charge in [-0.05, 0) is 31.4 Å². The van der Waals surface area contributed by atoms with Crippen LogP contribution in [-0.4, -0.2) is 61.7 Å². The largest absolute Gasteiger partial charge is 0.456 e. The van der Waals surface area contributed by atoms with Gasteiger partial charge in [-0.2, -0.15) is 0 Å². The third-order valence-corrected chi connectivity index (χ3v) is 7.25. The number of rotatable bonds is 9. The van der Waals surface area contributed by atoms with Crippen molar-refractivity contribution in [3.05, 3.63) is 21.9 Å². The molecule has 0 aromatic carbocycles. The smallest absolute Gasteiger partial charge is 0.306 e. The molecule has 1 aliphatic rings. The first kappa shape index (κ1) is 22.5. The van der Waals surface area contributed by atoms with Crippen LogP contribution in [0.25, 0.3) is 0 Å². The van der Waals surface area contributed by atoms with Gasteiger partial charge in [-0.1, -0.05) is 13.8 Å². The average molecular weight is 430 g/mol. The highest BCUT2D eigenvalue weighted by molar-refractivity contribution is 7.91. The molecule has 9 heteroatoms. The van der Waals surface area contributed by atoms with E-state index in [4.69, 9.17) is 4.74 Å². The first-order valence-corrected chi connectivity index (χ1v) is 12.0. The van der Waals surface area contributed by atoms with Gasteiger partial charge in [-0.25, -0.2) is 8.42 Å². The number of aryl methyl sites for hydroxylation is 1. The Balaban J connectivity index is 1.83. The van der Waals surface area contributed by atoms with Gasteiger partial charge >= 0.3 is 5.97 Å². The summed E-state index contributed by atoms with van der Waals surface area (Å²) in [5, 5.41) is 0. The molecule has 1 aliphatic heterocycles. The number of thiophene rings is 1. The number of nitrogens with zero attached hydrogens (tertiary/aromatic N) is 1. The molecule has 1 atom stereocenters. The fourth-order valence-corrected chi connectivity index (χ4v) is 5.66. The highest BCUT2D eigenvalue weighted by Crippen LogP contribution is 2.20. The summed E-state index contributed by atoms with van der Waals surface area (Å²) in [6.45, 7) is 5.75. The van der Waals surface area contributed by atoms with Crippen LogP contribution in [0, 0.1) is 12.8 Å². The number of carbonyl (C=O) groups is 3. The minimum atomic E-state index is -3.12. The summed E-state index contributed by atoms with van der Waals surface area (Å²) in [7, 11) is -3.12. The number of esters is 1. The van der Waals surface area contributed by atoms with E-state index in [1.165, 1.54) is 16.2 Å². The number of amides is 1. The topological polar surface area (TPSA) is 97.8 Å². The van der Waals surface area contributed by atoms with Crippen molar-refractivity contribution >= 4 is 38.8 Å². The van der Waals surface area contributed by atoms with Crippen molar-refractivity contribution < 1.29 is 27.5 Å². The van der Waals surface area contributed by atoms with E-state index in [2.05, 4.69) is 0 Å². The molecule has 0 saturated carbocycles. The molecule has 1 aromatic rings. The highest BCUT2D eigenvalue weighted by atomic mass is 32.2. The Bertz CT molecular complexity index is 827. The van der Waals surface area contributed by atoms with Crippen molar-refractivity contribution in [1.82, 2.24) is 4.90 Å². The summed E-state index contributed by atoms with van der Waals surface area (Å²) in [4.78, 5) is 39.6. The molecule has 1 fully saturated rings. The van der Waals surface area contributed by atoms with E-state index in [1.54, 1.807) is 6.07 Å². The SMILES string of the molecule is Cc1ccc(C(=O)CCC(=O)OCC(=O)N(CC(C)C)C2CCS(=O)(=O)C2)s1. The van der Waals surface area contributed by atoms with E-state index in [0.29, 0.717) is 17.8 Å². The maximum Gasteiger partial charge on any atom is 0.306 e. The van der Waals surface area contributed by atoms with Gasteiger partial charge in [-0.15, -0.1) is 11.3 Å². The summed E-state index contributed by atoms with van der Waals surface area (Å²) < 4.78 is 28.5. The lowest BCUT2D eigenvalue weighted by Crippen LogP contribution is -2.45. The third-order valence-electron chi connectivity index (χ3n) is 4.46. The van der Waals surface area contributed by atoms with Crippen LogP contribution in [0.2, 0.25) is 0 Å². The van der Waals surface area contributed by atoms with Gasteiger partial charge in [0.1, 0.15) is 0 Å². The second-order valence-electron chi connectivity index (χ2n) is 7.49. The number of hydrogen-bond acceptors (Lipinski definition) is 7. The predicted molar refractivity (Wildman–Crippen MR) is 107 cm³/mol. The zero-order valence-electron chi connectivity index (χ0n) is 16.5. The highest BCUT2D eigenvalue weighted by Gasteiger charge is 2.35. The molecule has 0 spiro atoms. The lowest BCUT2D eigenvalue weighted by molar-refractivity contribution is -0.153. The molecule has 0 aliphatic carbocycles. The molecule has 0 radical (unpaired) electrons. The zero-order valence-corrected chi connectivity index (χ0v) is 18.1. The Hall–Kier alpha value is -1.74. The van der Waals surface area contributed by atoms with E-state index in [0.717, 1.165) is 4.88 Å². The fourth-order valence-electron chi connectivity index (χ4n) is 3.09. The van der Waals surface area contributed by atoms with E-state index < -0.39 is 28.3 Å². The quantitative estimate of drug-likeness (QED) is 0.441. The van der Waals surface area contributed by atoms with Crippen LogP contribution in [0.1, 0.15) is 47.7 Å². The number of hydrogen-bond donors (Lipinski definition) is 0. The van der Waals surface area contributed by atoms with E-state index in [-0.39, 0.29) is 42.1 Å². The maximum absolute atomic E-state index is 12.5. The molecule has 7 nitrogen and oxygen atoms in total. The first-order valence-electron chi connectivity index (χ1n) is 9.32. The number of ketones is 1. The zero-order chi connectivity index (χ0) is 20.9. The van der Waals surface area contributed by atoms with Crippen LogP contribution in [0.15, 0.2) is 12.1 Å². The molecular formula is C19H27NO6S2. The van der Waals surface area contributed by atoms with Crippen molar-refractivity contribution in [3.63, 3.8) is 0 Å². The molecule has 0 bridgehead atoms. The van der Waals surface area contributed by atoms with Crippen molar-refractivity contribution in [1.29, 1.82) is 0 Å². The van der Waals surface area contributed by atoms with Crippen LogP contribution in [0.5, 0.6) is 0 Å².